The average molecular weight is 346 g/mol. The smallest absolute Gasteiger partial charge is 0.267 e. The maximum Gasteiger partial charge on any atom is 0.283 e. The second-order valence-electron chi connectivity index (χ2n) is 5.47. The molecule has 6 heteroatoms. The van der Waals surface area contributed by atoms with Crippen molar-refractivity contribution in [1.29, 1.82) is 0 Å². The van der Waals surface area contributed by atoms with Crippen LogP contribution in [0.1, 0.15) is 10.6 Å². The maximum absolute atomic E-state index is 13.0. The Hall–Kier alpha value is -3.12. The first-order valence-corrected chi connectivity index (χ1v) is 8.57. The fourth-order valence-electron chi connectivity index (χ4n) is 2.70. The van der Waals surface area contributed by atoms with E-state index >= 15 is 0 Å². The molecule has 0 radical (unpaired) electrons. The van der Waals surface area contributed by atoms with Crippen LogP contribution in [-0.4, -0.2) is 20.9 Å². The van der Waals surface area contributed by atoms with Gasteiger partial charge in [-0.05, 0) is 24.6 Å². The molecule has 0 atom stereocenters. The van der Waals surface area contributed by atoms with E-state index in [-0.39, 0.29) is 5.56 Å². The molecule has 122 valence electrons. The van der Waals surface area contributed by atoms with Crippen LogP contribution in [-0.2, 0) is 0 Å². The van der Waals surface area contributed by atoms with Crippen LogP contribution in [0.3, 0.4) is 0 Å². The van der Waals surface area contributed by atoms with Gasteiger partial charge < -0.3 is 0 Å². The molecule has 1 aromatic carbocycles. The Morgan fingerprint density at radius 2 is 1.88 bits per heavy atom. The lowest BCUT2D eigenvalue weighted by Gasteiger charge is -2.02. The first kappa shape index (κ1) is 15.4. The van der Waals surface area contributed by atoms with E-state index in [1.165, 1.54) is 22.3 Å². The van der Waals surface area contributed by atoms with Crippen LogP contribution in [0.15, 0.2) is 71.0 Å². The van der Waals surface area contributed by atoms with E-state index in [0.717, 1.165) is 20.8 Å². The van der Waals surface area contributed by atoms with Crippen molar-refractivity contribution >= 4 is 27.8 Å². The molecule has 25 heavy (non-hydrogen) atoms. The molecule has 0 aliphatic carbocycles. The third kappa shape index (κ3) is 2.88. The molecule has 0 N–H and O–H groups in total. The summed E-state index contributed by atoms with van der Waals surface area (Å²) in [5.74, 6) is 0. The maximum atomic E-state index is 13.0. The lowest BCUT2D eigenvalue weighted by atomic mass is 10.0. The number of aromatic nitrogens is 3. The van der Waals surface area contributed by atoms with Crippen LogP contribution in [0.2, 0.25) is 0 Å². The fraction of sp³-hybridized carbons (Fsp3) is 0.0526. The Bertz CT molecular complexity index is 1110. The molecule has 0 saturated heterocycles. The Balaban J connectivity index is 1.88. The summed E-state index contributed by atoms with van der Waals surface area (Å²) in [5.41, 5.74) is 2.44. The second kappa shape index (κ2) is 6.41. The third-order valence-electron chi connectivity index (χ3n) is 3.84. The van der Waals surface area contributed by atoms with Crippen molar-refractivity contribution in [3.8, 4) is 11.1 Å². The van der Waals surface area contributed by atoms with E-state index in [1.54, 1.807) is 12.4 Å². The minimum Gasteiger partial charge on any atom is -0.267 e. The van der Waals surface area contributed by atoms with E-state index in [2.05, 4.69) is 15.1 Å². The summed E-state index contributed by atoms with van der Waals surface area (Å²) in [5, 5.41) is 4.83. The van der Waals surface area contributed by atoms with Gasteiger partial charge in [-0.15, -0.1) is 11.3 Å². The standard InChI is InChI=1S/C19H14N4OS/c1-13-16(14-7-3-2-4-8-14)17-18(25-13)21-12-23(19(17)24)22-11-15-9-5-6-10-20-15/h2-12H,1H3. The van der Waals surface area contributed by atoms with Crippen molar-refractivity contribution in [3.05, 3.63) is 82.0 Å². The number of nitrogens with zero attached hydrogens (tertiary/aromatic N) is 4. The lowest BCUT2D eigenvalue weighted by molar-refractivity contribution is 0.818. The van der Waals surface area contributed by atoms with Crippen molar-refractivity contribution in [1.82, 2.24) is 14.6 Å². The third-order valence-corrected chi connectivity index (χ3v) is 4.85. The number of fused-ring (bicyclic) bond motifs is 1. The van der Waals surface area contributed by atoms with Crippen molar-refractivity contribution in [2.24, 2.45) is 5.10 Å². The summed E-state index contributed by atoms with van der Waals surface area (Å²) in [7, 11) is 0. The predicted octanol–water partition coefficient (Wildman–Crippen LogP) is 3.71. The summed E-state index contributed by atoms with van der Waals surface area (Å²) in [4.78, 5) is 23.3. The minimum absolute atomic E-state index is 0.180. The van der Waals surface area contributed by atoms with Crippen LogP contribution < -0.4 is 5.56 Å². The predicted molar refractivity (Wildman–Crippen MR) is 101 cm³/mol. The molecule has 0 fully saturated rings. The van der Waals surface area contributed by atoms with Gasteiger partial charge in [0.2, 0.25) is 0 Å². The molecule has 0 unspecified atom stereocenters. The highest BCUT2D eigenvalue weighted by Crippen LogP contribution is 2.35. The zero-order valence-corrected chi connectivity index (χ0v) is 14.3. The van der Waals surface area contributed by atoms with Gasteiger partial charge in [-0.3, -0.25) is 9.78 Å². The minimum atomic E-state index is -0.180. The van der Waals surface area contributed by atoms with Crippen molar-refractivity contribution < 1.29 is 0 Å². The fourth-order valence-corrected chi connectivity index (χ4v) is 3.71. The molecular formula is C19H14N4OS. The van der Waals surface area contributed by atoms with E-state index in [1.807, 2.05) is 55.5 Å². The largest absolute Gasteiger partial charge is 0.283 e. The molecule has 0 saturated carbocycles. The van der Waals surface area contributed by atoms with Gasteiger partial charge in [0.15, 0.2) is 0 Å². The SMILES string of the molecule is Cc1sc2ncn(N=Cc3ccccn3)c(=O)c2c1-c1ccccc1. The van der Waals surface area contributed by atoms with Gasteiger partial charge in [0.1, 0.15) is 11.2 Å². The van der Waals surface area contributed by atoms with Gasteiger partial charge in [0.05, 0.1) is 17.3 Å². The molecule has 4 aromatic rings. The first-order valence-electron chi connectivity index (χ1n) is 7.75. The van der Waals surface area contributed by atoms with Gasteiger partial charge in [0, 0.05) is 16.6 Å². The highest BCUT2D eigenvalue weighted by atomic mass is 32.1. The zero-order valence-electron chi connectivity index (χ0n) is 13.5. The summed E-state index contributed by atoms with van der Waals surface area (Å²) in [6.45, 7) is 2.01. The highest BCUT2D eigenvalue weighted by molar-refractivity contribution is 7.19. The van der Waals surface area contributed by atoms with Crippen LogP contribution in [0.25, 0.3) is 21.3 Å². The molecule has 0 bridgehead atoms. The van der Waals surface area contributed by atoms with Gasteiger partial charge in [-0.25, -0.2) is 4.98 Å². The number of rotatable bonds is 3. The Kier molecular flexibility index (Phi) is 3.95. The molecule has 4 rings (SSSR count). The first-order chi connectivity index (χ1) is 12.2. The molecule has 5 nitrogen and oxygen atoms in total. The monoisotopic (exact) mass is 346 g/mol. The van der Waals surface area contributed by atoms with E-state index < -0.39 is 0 Å². The van der Waals surface area contributed by atoms with E-state index in [9.17, 15) is 4.79 Å². The number of aryl methyl sites for hydroxylation is 1. The van der Waals surface area contributed by atoms with Gasteiger partial charge >= 0.3 is 0 Å². The Morgan fingerprint density at radius 1 is 1.08 bits per heavy atom. The summed E-state index contributed by atoms with van der Waals surface area (Å²) >= 11 is 1.52. The molecule has 3 aromatic heterocycles. The topological polar surface area (TPSA) is 60.1 Å². The van der Waals surface area contributed by atoms with Crippen molar-refractivity contribution in [3.63, 3.8) is 0 Å². The van der Waals surface area contributed by atoms with Crippen molar-refractivity contribution in [2.45, 2.75) is 6.92 Å². The van der Waals surface area contributed by atoms with Crippen LogP contribution in [0.5, 0.6) is 0 Å². The number of hydrogen-bond donors (Lipinski definition) is 0. The molecular weight excluding hydrogens is 332 g/mol. The van der Waals surface area contributed by atoms with Crippen LogP contribution >= 0.6 is 11.3 Å². The average Bonchev–Trinajstić information content (AvgIpc) is 2.99. The van der Waals surface area contributed by atoms with Crippen molar-refractivity contribution in [2.75, 3.05) is 0 Å². The second-order valence-corrected chi connectivity index (χ2v) is 6.68. The van der Waals surface area contributed by atoms with Crippen LogP contribution in [0.4, 0.5) is 0 Å². The van der Waals surface area contributed by atoms with E-state index in [0.29, 0.717) is 11.1 Å². The summed E-state index contributed by atoms with van der Waals surface area (Å²) in [6, 6.07) is 15.4. The summed E-state index contributed by atoms with van der Waals surface area (Å²) < 4.78 is 1.26. The number of thiophene rings is 1. The molecule has 3 heterocycles. The Morgan fingerprint density at radius 3 is 2.64 bits per heavy atom. The van der Waals surface area contributed by atoms with Gasteiger partial charge in [-0.2, -0.15) is 9.78 Å². The van der Waals surface area contributed by atoms with E-state index in [4.69, 9.17) is 0 Å². The van der Waals surface area contributed by atoms with Gasteiger partial charge in [-0.1, -0.05) is 36.4 Å². The molecule has 0 spiro atoms. The molecule has 0 aliphatic heterocycles. The quantitative estimate of drug-likeness (QED) is 0.531. The molecule has 0 amide bonds. The molecule has 0 aliphatic rings. The normalized spacial score (nSPS) is 11.4. The number of pyridine rings is 1. The summed E-state index contributed by atoms with van der Waals surface area (Å²) in [6.07, 6.45) is 4.69. The zero-order chi connectivity index (χ0) is 17.2. The lowest BCUT2D eigenvalue weighted by Crippen LogP contribution is -2.17. The van der Waals surface area contributed by atoms with Crippen LogP contribution in [0, 0.1) is 6.92 Å². The number of benzene rings is 1. The van der Waals surface area contributed by atoms with Gasteiger partial charge in [0.25, 0.3) is 5.56 Å². The highest BCUT2D eigenvalue weighted by Gasteiger charge is 2.16. The Labute approximate surface area is 147 Å². The number of hydrogen-bond acceptors (Lipinski definition) is 5.